The normalized spacial score (nSPS) is 15.4. The van der Waals surface area contributed by atoms with Crippen LogP contribution < -0.4 is 0 Å². The Morgan fingerprint density at radius 3 is 2.52 bits per heavy atom. The van der Waals surface area contributed by atoms with Gasteiger partial charge in [0.15, 0.2) is 0 Å². The van der Waals surface area contributed by atoms with Gasteiger partial charge in [-0.25, -0.2) is 18.2 Å². The quantitative estimate of drug-likeness (QED) is 0.720. The molecule has 0 bridgehead atoms. The fraction of sp³-hybridized carbons (Fsp3) is 0.412. The van der Waals surface area contributed by atoms with Crippen LogP contribution in [0.5, 0.6) is 0 Å². The molecular weight excluding hydrogens is 360 g/mol. The van der Waals surface area contributed by atoms with Crippen LogP contribution >= 0.6 is 11.3 Å². The zero-order valence-corrected chi connectivity index (χ0v) is 15.6. The summed E-state index contributed by atoms with van der Waals surface area (Å²) < 4.78 is 31.6. The second-order valence-electron chi connectivity index (χ2n) is 5.80. The highest BCUT2D eigenvalue weighted by Crippen LogP contribution is 2.21. The van der Waals surface area contributed by atoms with Crippen LogP contribution in [-0.4, -0.2) is 36.8 Å². The van der Waals surface area contributed by atoms with Crippen molar-refractivity contribution in [2.45, 2.75) is 37.7 Å². The number of sulfonamides is 1. The van der Waals surface area contributed by atoms with Gasteiger partial charge in [0.1, 0.15) is 6.61 Å². The summed E-state index contributed by atoms with van der Waals surface area (Å²) in [6.07, 6.45) is 2.63. The molecule has 1 aromatic carbocycles. The number of aromatic nitrogens is 1. The van der Waals surface area contributed by atoms with Crippen LogP contribution in [0.2, 0.25) is 0 Å². The maximum Gasteiger partial charge on any atom is 0.338 e. The molecule has 3 rings (SSSR count). The molecule has 0 radical (unpaired) electrons. The fourth-order valence-electron chi connectivity index (χ4n) is 2.64. The SMILES string of the molecule is CCc1nc(COC(=O)c2ccc(S(=O)(=O)N3CCCC3)cc2)cs1. The zero-order valence-electron chi connectivity index (χ0n) is 14.0. The van der Waals surface area contributed by atoms with Gasteiger partial charge in [-0.05, 0) is 43.5 Å². The molecule has 0 unspecified atom stereocenters. The number of rotatable bonds is 6. The first-order chi connectivity index (χ1) is 12.0. The Morgan fingerprint density at radius 1 is 1.24 bits per heavy atom. The number of carbonyl (C=O) groups is 1. The van der Waals surface area contributed by atoms with Crippen LogP contribution in [0.3, 0.4) is 0 Å². The third kappa shape index (κ3) is 4.08. The van der Waals surface area contributed by atoms with Gasteiger partial charge in [-0.2, -0.15) is 4.31 Å². The lowest BCUT2D eigenvalue weighted by atomic mass is 10.2. The van der Waals surface area contributed by atoms with Crippen molar-refractivity contribution >= 4 is 27.3 Å². The van der Waals surface area contributed by atoms with E-state index in [1.54, 1.807) is 0 Å². The van der Waals surface area contributed by atoms with E-state index in [2.05, 4.69) is 4.98 Å². The highest BCUT2D eigenvalue weighted by Gasteiger charge is 2.27. The summed E-state index contributed by atoms with van der Waals surface area (Å²) >= 11 is 1.54. The van der Waals surface area contributed by atoms with Gasteiger partial charge in [-0.3, -0.25) is 0 Å². The molecule has 0 spiro atoms. The highest BCUT2D eigenvalue weighted by molar-refractivity contribution is 7.89. The molecule has 0 atom stereocenters. The van der Waals surface area contributed by atoms with Crippen molar-refractivity contribution in [3.05, 3.63) is 45.9 Å². The third-order valence-corrected chi connectivity index (χ3v) is 7.00. The Hall–Kier alpha value is -1.77. The van der Waals surface area contributed by atoms with E-state index in [0.717, 1.165) is 30.0 Å². The molecule has 8 heteroatoms. The number of benzene rings is 1. The van der Waals surface area contributed by atoms with Crippen molar-refractivity contribution in [2.24, 2.45) is 0 Å². The van der Waals surface area contributed by atoms with Crippen molar-refractivity contribution < 1.29 is 17.9 Å². The number of aryl methyl sites for hydroxylation is 1. The summed E-state index contributed by atoms with van der Waals surface area (Å²) in [6.45, 7) is 3.24. The van der Waals surface area contributed by atoms with Gasteiger partial charge >= 0.3 is 5.97 Å². The summed E-state index contributed by atoms with van der Waals surface area (Å²) in [6, 6.07) is 5.90. The van der Waals surface area contributed by atoms with E-state index in [4.69, 9.17) is 4.74 Å². The first-order valence-corrected chi connectivity index (χ1v) is 10.5. The third-order valence-electron chi connectivity index (χ3n) is 4.05. The molecule has 134 valence electrons. The van der Waals surface area contributed by atoms with Crippen molar-refractivity contribution in [3.8, 4) is 0 Å². The minimum atomic E-state index is -3.46. The number of hydrogen-bond donors (Lipinski definition) is 0. The molecule has 1 fully saturated rings. The average Bonchev–Trinajstić information content (AvgIpc) is 3.31. The average molecular weight is 380 g/mol. The van der Waals surface area contributed by atoms with E-state index in [9.17, 15) is 13.2 Å². The molecule has 2 aromatic rings. The lowest BCUT2D eigenvalue weighted by molar-refractivity contribution is 0.0468. The molecular formula is C17H20N2O4S2. The summed E-state index contributed by atoms with van der Waals surface area (Å²) in [5.41, 5.74) is 1.05. The van der Waals surface area contributed by atoms with Gasteiger partial charge in [0.2, 0.25) is 10.0 Å². The first-order valence-electron chi connectivity index (χ1n) is 8.21. The van der Waals surface area contributed by atoms with Gasteiger partial charge in [-0.1, -0.05) is 6.92 Å². The molecule has 1 aliphatic rings. The molecule has 1 aromatic heterocycles. The predicted octanol–water partition coefficient (Wildman–Crippen LogP) is 2.85. The molecule has 25 heavy (non-hydrogen) atoms. The van der Waals surface area contributed by atoms with Gasteiger partial charge in [0.25, 0.3) is 0 Å². The Bertz CT molecular complexity index is 838. The van der Waals surface area contributed by atoms with Crippen molar-refractivity contribution in [2.75, 3.05) is 13.1 Å². The Balaban J connectivity index is 1.64. The van der Waals surface area contributed by atoms with Gasteiger partial charge < -0.3 is 4.74 Å². The maximum atomic E-state index is 12.5. The van der Waals surface area contributed by atoms with E-state index in [-0.39, 0.29) is 11.5 Å². The van der Waals surface area contributed by atoms with Crippen LogP contribution in [0.15, 0.2) is 34.5 Å². The number of esters is 1. The van der Waals surface area contributed by atoms with E-state index in [1.807, 2.05) is 12.3 Å². The van der Waals surface area contributed by atoms with Crippen LogP contribution in [-0.2, 0) is 27.8 Å². The smallest absolute Gasteiger partial charge is 0.338 e. The molecule has 1 aliphatic heterocycles. The zero-order chi connectivity index (χ0) is 17.9. The molecule has 0 saturated carbocycles. The van der Waals surface area contributed by atoms with Crippen LogP contribution in [0.4, 0.5) is 0 Å². The van der Waals surface area contributed by atoms with Crippen molar-refractivity contribution in [1.82, 2.24) is 9.29 Å². The second kappa shape index (κ2) is 7.63. The Morgan fingerprint density at radius 2 is 1.92 bits per heavy atom. The van der Waals surface area contributed by atoms with E-state index in [1.165, 1.54) is 39.9 Å². The monoisotopic (exact) mass is 380 g/mol. The Kier molecular flexibility index (Phi) is 5.51. The molecule has 0 N–H and O–H groups in total. The molecule has 2 heterocycles. The van der Waals surface area contributed by atoms with Crippen LogP contribution in [0, 0.1) is 0 Å². The van der Waals surface area contributed by atoms with Crippen LogP contribution in [0.25, 0.3) is 0 Å². The summed E-state index contributed by atoms with van der Waals surface area (Å²) in [5.74, 6) is -0.490. The largest absolute Gasteiger partial charge is 0.456 e. The molecule has 0 amide bonds. The first kappa shape index (κ1) is 18.0. The van der Waals surface area contributed by atoms with Gasteiger partial charge in [-0.15, -0.1) is 11.3 Å². The van der Waals surface area contributed by atoms with Crippen molar-refractivity contribution in [3.63, 3.8) is 0 Å². The molecule has 6 nitrogen and oxygen atoms in total. The molecule has 0 aliphatic carbocycles. The predicted molar refractivity (Wildman–Crippen MR) is 95.0 cm³/mol. The standard InChI is InChI=1S/C17H20N2O4S2/c1-2-16-18-14(12-24-16)11-23-17(20)13-5-7-15(8-6-13)25(21,22)19-9-3-4-10-19/h5-8,12H,2-4,9-11H2,1H3. The van der Waals surface area contributed by atoms with Crippen LogP contribution in [0.1, 0.15) is 40.8 Å². The summed E-state index contributed by atoms with van der Waals surface area (Å²) in [5, 5.41) is 2.88. The maximum absolute atomic E-state index is 12.5. The number of nitrogens with zero attached hydrogens (tertiary/aromatic N) is 2. The lowest BCUT2D eigenvalue weighted by Crippen LogP contribution is -2.27. The van der Waals surface area contributed by atoms with E-state index < -0.39 is 16.0 Å². The van der Waals surface area contributed by atoms with E-state index >= 15 is 0 Å². The van der Waals surface area contributed by atoms with Gasteiger partial charge in [0, 0.05) is 18.5 Å². The minimum absolute atomic E-state index is 0.114. The fourth-order valence-corrected chi connectivity index (χ4v) is 4.89. The number of thiazole rings is 1. The summed E-state index contributed by atoms with van der Waals surface area (Å²) in [4.78, 5) is 16.7. The minimum Gasteiger partial charge on any atom is -0.456 e. The van der Waals surface area contributed by atoms with E-state index in [0.29, 0.717) is 18.7 Å². The summed E-state index contributed by atoms with van der Waals surface area (Å²) in [7, 11) is -3.46. The second-order valence-corrected chi connectivity index (χ2v) is 8.68. The number of hydrogen-bond acceptors (Lipinski definition) is 6. The number of ether oxygens (including phenoxy) is 1. The van der Waals surface area contributed by atoms with Crippen molar-refractivity contribution in [1.29, 1.82) is 0 Å². The van der Waals surface area contributed by atoms with Gasteiger partial charge in [0.05, 0.1) is 21.2 Å². The lowest BCUT2D eigenvalue weighted by Gasteiger charge is -2.15. The molecule has 1 saturated heterocycles. The number of carbonyl (C=O) groups excluding carboxylic acids is 1. The highest BCUT2D eigenvalue weighted by atomic mass is 32.2. The topological polar surface area (TPSA) is 76.6 Å². The Labute approximate surface area is 151 Å².